The van der Waals surface area contributed by atoms with Gasteiger partial charge in [-0.3, -0.25) is 14.8 Å². The van der Waals surface area contributed by atoms with E-state index >= 15 is 0 Å². The summed E-state index contributed by atoms with van der Waals surface area (Å²) in [6.07, 6.45) is 8.46. The highest BCUT2D eigenvalue weighted by molar-refractivity contribution is 8.00. The maximum Gasteiger partial charge on any atom is 0.323 e. The first-order valence-corrected chi connectivity index (χ1v) is 7.62. The van der Waals surface area contributed by atoms with Crippen molar-refractivity contribution >= 4 is 17.7 Å². The topological polar surface area (TPSA) is 67.2 Å². The molecule has 2 fully saturated rings. The molecule has 1 aromatic heterocycles. The fraction of sp³-hybridized carbons (Fsp3) is 0.692. The number of thioether (sulfide) groups is 1. The molecule has 3 rings (SSSR count). The van der Waals surface area contributed by atoms with Gasteiger partial charge in [0, 0.05) is 29.4 Å². The number of hydrogen-bond acceptors (Lipinski definition) is 4. The number of hydrogen-bond donors (Lipinski definition) is 2. The van der Waals surface area contributed by atoms with Crippen molar-refractivity contribution < 1.29 is 9.90 Å². The molecule has 2 aliphatic rings. The molecule has 2 atom stereocenters. The highest BCUT2D eigenvalue weighted by atomic mass is 32.2. The summed E-state index contributed by atoms with van der Waals surface area (Å²) in [7, 11) is 1.90. The van der Waals surface area contributed by atoms with Crippen molar-refractivity contribution in [2.45, 2.75) is 53.8 Å². The molecular formula is C13H19N3O2S. The van der Waals surface area contributed by atoms with Crippen molar-refractivity contribution in [3.8, 4) is 0 Å². The Hall–Kier alpha value is -1.01. The van der Waals surface area contributed by atoms with Crippen molar-refractivity contribution in [2.75, 3.05) is 0 Å². The Labute approximate surface area is 116 Å². The van der Waals surface area contributed by atoms with Crippen LogP contribution in [-0.2, 0) is 11.8 Å². The van der Waals surface area contributed by atoms with E-state index in [1.807, 2.05) is 19.4 Å². The first-order chi connectivity index (χ1) is 9.07. The quantitative estimate of drug-likeness (QED) is 0.859. The van der Waals surface area contributed by atoms with Crippen LogP contribution >= 0.6 is 11.8 Å². The molecule has 0 saturated heterocycles. The lowest BCUT2D eigenvalue weighted by Crippen LogP contribution is -2.51. The summed E-state index contributed by atoms with van der Waals surface area (Å²) in [5.41, 5.74) is -0.693. The number of aliphatic carboxylic acids is 1. The first kappa shape index (κ1) is 13.0. The number of rotatable bonds is 5. The van der Waals surface area contributed by atoms with Crippen LogP contribution in [-0.4, -0.2) is 37.7 Å². The number of carboxylic acid groups (broad SMARTS) is 1. The van der Waals surface area contributed by atoms with Gasteiger partial charge in [0.2, 0.25) is 0 Å². The lowest BCUT2D eigenvalue weighted by atomic mass is 9.98. The van der Waals surface area contributed by atoms with Crippen LogP contribution in [0.3, 0.4) is 0 Å². The molecule has 2 N–H and O–H groups in total. The van der Waals surface area contributed by atoms with Crippen LogP contribution in [0.15, 0.2) is 17.3 Å². The van der Waals surface area contributed by atoms with Gasteiger partial charge in [-0.25, -0.2) is 0 Å². The molecule has 1 aromatic rings. The highest BCUT2D eigenvalue weighted by Crippen LogP contribution is 2.41. The Kier molecular flexibility index (Phi) is 3.30. The van der Waals surface area contributed by atoms with Crippen LogP contribution in [0.5, 0.6) is 0 Å². The molecule has 2 unspecified atom stereocenters. The maximum atomic E-state index is 11.6. The van der Waals surface area contributed by atoms with Gasteiger partial charge in [-0.05, 0) is 32.1 Å². The summed E-state index contributed by atoms with van der Waals surface area (Å²) in [6.45, 7) is 0. The summed E-state index contributed by atoms with van der Waals surface area (Å²) in [6, 6.07) is 0.429. The average molecular weight is 281 g/mol. The molecule has 0 spiro atoms. The zero-order valence-corrected chi connectivity index (χ0v) is 11.8. The average Bonchev–Trinajstić information content (AvgIpc) is 2.92. The van der Waals surface area contributed by atoms with E-state index in [0.29, 0.717) is 17.7 Å². The fourth-order valence-corrected chi connectivity index (χ4v) is 4.07. The van der Waals surface area contributed by atoms with E-state index in [9.17, 15) is 9.90 Å². The second kappa shape index (κ2) is 4.83. The Morgan fingerprint density at radius 2 is 2.37 bits per heavy atom. The van der Waals surface area contributed by atoms with Crippen LogP contribution in [0.4, 0.5) is 0 Å². The minimum Gasteiger partial charge on any atom is -0.480 e. The second-order valence-corrected chi connectivity index (χ2v) is 7.01. The predicted molar refractivity (Wildman–Crippen MR) is 73.2 cm³/mol. The van der Waals surface area contributed by atoms with E-state index in [1.54, 1.807) is 16.4 Å². The molecule has 5 nitrogen and oxygen atoms in total. The highest BCUT2D eigenvalue weighted by Gasteiger charge is 2.48. The number of aryl methyl sites for hydroxylation is 1. The molecule has 104 valence electrons. The van der Waals surface area contributed by atoms with Crippen LogP contribution in [0, 0.1) is 0 Å². The molecule has 1 heterocycles. The number of aromatic nitrogens is 2. The number of carboxylic acids is 1. The van der Waals surface area contributed by atoms with Crippen LogP contribution in [0.1, 0.15) is 32.1 Å². The molecule has 19 heavy (non-hydrogen) atoms. The van der Waals surface area contributed by atoms with Crippen molar-refractivity contribution in [1.29, 1.82) is 0 Å². The zero-order valence-electron chi connectivity index (χ0n) is 11.0. The van der Waals surface area contributed by atoms with E-state index < -0.39 is 11.5 Å². The third kappa shape index (κ3) is 2.79. The van der Waals surface area contributed by atoms with Gasteiger partial charge in [0.25, 0.3) is 0 Å². The second-order valence-electron chi connectivity index (χ2n) is 5.64. The van der Waals surface area contributed by atoms with Gasteiger partial charge in [-0.2, -0.15) is 5.10 Å². The maximum absolute atomic E-state index is 11.6. The van der Waals surface area contributed by atoms with Crippen LogP contribution in [0.2, 0.25) is 0 Å². The standard InChI is InChI=1S/C13H19N3O2S/c1-16-8-11(7-14-16)19-10-4-5-13(6-10,12(17)18)15-9-2-3-9/h7-10,15H,2-6H2,1H3,(H,17,18). The molecule has 0 aromatic carbocycles. The predicted octanol–water partition coefficient (Wildman–Crippen LogP) is 1.64. The Balaban J connectivity index is 1.65. The van der Waals surface area contributed by atoms with Crippen molar-refractivity contribution in [2.24, 2.45) is 7.05 Å². The molecule has 0 radical (unpaired) electrons. The zero-order chi connectivity index (χ0) is 13.5. The van der Waals surface area contributed by atoms with E-state index in [4.69, 9.17) is 0 Å². The van der Waals surface area contributed by atoms with Crippen molar-refractivity contribution in [3.05, 3.63) is 12.4 Å². The molecule has 2 saturated carbocycles. The summed E-state index contributed by atoms with van der Waals surface area (Å²) < 4.78 is 1.78. The molecule has 0 aliphatic heterocycles. The van der Waals surface area contributed by atoms with Crippen molar-refractivity contribution in [1.82, 2.24) is 15.1 Å². The summed E-state index contributed by atoms with van der Waals surface area (Å²) in [5, 5.41) is 17.4. The lowest BCUT2D eigenvalue weighted by molar-refractivity contribution is -0.144. The third-order valence-electron chi connectivity index (χ3n) is 3.92. The van der Waals surface area contributed by atoms with E-state index in [2.05, 4.69) is 10.4 Å². The number of carbonyl (C=O) groups is 1. The van der Waals surface area contributed by atoms with Gasteiger partial charge >= 0.3 is 5.97 Å². The SMILES string of the molecule is Cn1cc(SC2CCC(NC3CC3)(C(=O)O)C2)cn1. The Morgan fingerprint density at radius 3 is 2.95 bits per heavy atom. The molecular weight excluding hydrogens is 262 g/mol. The summed E-state index contributed by atoms with van der Waals surface area (Å²) in [4.78, 5) is 12.7. The largest absolute Gasteiger partial charge is 0.480 e. The Bertz CT molecular complexity index is 486. The van der Waals surface area contributed by atoms with Crippen LogP contribution < -0.4 is 5.32 Å². The molecule has 2 aliphatic carbocycles. The van der Waals surface area contributed by atoms with E-state index in [0.717, 1.165) is 30.6 Å². The van der Waals surface area contributed by atoms with E-state index in [-0.39, 0.29) is 0 Å². The minimum atomic E-state index is -0.693. The lowest BCUT2D eigenvalue weighted by Gasteiger charge is -2.26. The van der Waals surface area contributed by atoms with Gasteiger partial charge in [0.1, 0.15) is 5.54 Å². The first-order valence-electron chi connectivity index (χ1n) is 6.74. The van der Waals surface area contributed by atoms with Gasteiger partial charge in [0.05, 0.1) is 6.20 Å². The smallest absolute Gasteiger partial charge is 0.323 e. The number of nitrogens with zero attached hydrogens (tertiary/aromatic N) is 2. The Morgan fingerprint density at radius 1 is 1.58 bits per heavy atom. The normalized spacial score (nSPS) is 30.7. The fourth-order valence-electron chi connectivity index (χ4n) is 2.76. The summed E-state index contributed by atoms with van der Waals surface area (Å²) >= 11 is 1.75. The van der Waals surface area contributed by atoms with Crippen LogP contribution in [0.25, 0.3) is 0 Å². The molecule has 6 heteroatoms. The van der Waals surface area contributed by atoms with Gasteiger partial charge in [-0.15, -0.1) is 11.8 Å². The monoisotopic (exact) mass is 281 g/mol. The summed E-state index contributed by atoms with van der Waals surface area (Å²) in [5.74, 6) is -0.686. The third-order valence-corrected chi connectivity index (χ3v) is 5.14. The van der Waals surface area contributed by atoms with Gasteiger partial charge < -0.3 is 5.11 Å². The van der Waals surface area contributed by atoms with E-state index in [1.165, 1.54) is 0 Å². The minimum absolute atomic E-state index is 0.367. The van der Waals surface area contributed by atoms with Gasteiger partial charge in [0.15, 0.2) is 0 Å². The molecule has 0 bridgehead atoms. The van der Waals surface area contributed by atoms with Gasteiger partial charge in [-0.1, -0.05) is 0 Å². The molecule has 0 amide bonds. The number of nitrogens with one attached hydrogen (secondary N) is 1. The van der Waals surface area contributed by atoms with Crippen molar-refractivity contribution in [3.63, 3.8) is 0 Å².